The molecule has 0 fully saturated rings. The number of aromatic nitrogens is 2. The monoisotopic (exact) mass is 319 g/mol. The van der Waals surface area contributed by atoms with Crippen molar-refractivity contribution in [2.24, 2.45) is 0 Å². The number of benzene rings is 1. The molecule has 0 amide bonds. The molecule has 0 unspecified atom stereocenters. The van der Waals surface area contributed by atoms with Gasteiger partial charge in [-0.1, -0.05) is 24.6 Å². The molecule has 3 rings (SSSR count). The van der Waals surface area contributed by atoms with E-state index in [9.17, 15) is 0 Å². The van der Waals surface area contributed by atoms with Crippen LogP contribution in [0.2, 0.25) is 5.15 Å². The van der Waals surface area contributed by atoms with Crippen LogP contribution >= 0.6 is 11.6 Å². The van der Waals surface area contributed by atoms with Crippen molar-refractivity contribution in [2.45, 2.75) is 39.8 Å². The molecule has 1 aliphatic rings. The molecule has 2 heterocycles. The van der Waals surface area contributed by atoms with Gasteiger partial charge in [-0.25, -0.2) is 4.98 Å². The Morgan fingerprint density at radius 3 is 2.91 bits per heavy atom. The first kappa shape index (κ1) is 15.4. The third-order valence-corrected chi connectivity index (χ3v) is 4.59. The van der Waals surface area contributed by atoms with Crippen LogP contribution in [0.4, 0.5) is 0 Å². The van der Waals surface area contributed by atoms with E-state index in [-0.39, 0.29) is 6.04 Å². The van der Waals surface area contributed by atoms with Crippen molar-refractivity contribution >= 4 is 11.6 Å². The highest BCUT2D eigenvalue weighted by Crippen LogP contribution is 2.28. The van der Waals surface area contributed by atoms with Gasteiger partial charge in [0, 0.05) is 19.5 Å². The predicted molar refractivity (Wildman–Crippen MR) is 88.8 cm³/mol. The summed E-state index contributed by atoms with van der Waals surface area (Å²) in [6.45, 7) is 8.69. The van der Waals surface area contributed by atoms with Gasteiger partial charge < -0.3 is 14.6 Å². The van der Waals surface area contributed by atoms with Gasteiger partial charge in [-0.2, -0.15) is 0 Å². The Hall–Kier alpha value is -1.52. The molecule has 1 aromatic carbocycles. The summed E-state index contributed by atoms with van der Waals surface area (Å²) in [5, 5.41) is 4.07. The first-order valence-electron chi connectivity index (χ1n) is 7.78. The largest absolute Gasteiger partial charge is 0.492 e. The van der Waals surface area contributed by atoms with Crippen molar-refractivity contribution < 1.29 is 4.74 Å². The molecule has 1 atom stereocenters. The minimum absolute atomic E-state index is 0.0793. The summed E-state index contributed by atoms with van der Waals surface area (Å²) in [7, 11) is 0. The molecule has 0 spiro atoms. The summed E-state index contributed by atoms with van der Waals surface area (Å²) in [6.07, 6.45) is 0.893. The fraction of sp³-hybridized carbons (Fsp3) is 0.471. The van der Waals surface area contributed by atoms with Crippen LogP contribution in [-0.2, 0) is 13.0 Å². The van der Waals surface area contributed by atoms with Crippen LogP contribution in [0, 0.1) is 13.8 Å². The van der Waals surface area contributed by atoms with E-state index in [0.717, 1.165) is 36.8 Å². The molecule has 0 radical (unpaired) electrons. The Bertz CT molecular complexity index is 681. The van der Waals surface area contributed by atoms with Gasteiger partial charge in [-0.3, -0.25) is 0 Å². The highest BCUT2D eigenvalue weighted by Gasteiger charge is 2.26. The molecule has 4 nitrogen and oxygen atoms in total. The van der Waals surface area contributed by atoms with E-state index in [1.54, 1.807) is 0 Å². The standard InChI is InChI=1S/C17H22ClN3O/c1-4-15-20-17(18)16-14(19-7-8-21(15)16)10-22-13-6-5-11(2)12(3)9-13/h5-6,9,14,19H,4,7-8,10H2,1-3H3/t14-/m0/s1. The zero-order valence-electron chi connectivity index (χ0n) is 13.3. The molecule has 1 N–H and O–H groups in total. The minimum atomic E-state index is 0.0793. The van der Waals surface area contributed by atoms with Gasteiger partial charge in [-0.15, -0.1) is 0 Å². The van der Waals surface area contributed by atoms with Gasteiger partial charge in [0.15, 0.2) is 5.15 Å². The molecule has 2 aromatic rings. The summed E-state index contributed by atoms with van der Waals surface area (Å²) in [5.41, 5.74) is 3.57. The maximum absolute atomic E-state index is 6.34. The SMILES string of the molecule is CCc1nc(Cl)c2n1CCN[C@H]2COc1ccc(C)c(C)c1. The van der Waals surface area contributed by atoms with Gasteiger partial charge in [0.25, 0.3) is 0 Å². The summed E-state index contributed by atoms with van der Waals surface area (Å²) >= 11 is 6.34. The number of hydrogen-bond acceptors (Lipinski definition) is 3. The Morgan fingerprint density at radius 2 is 2.18 bits per heavy atom. The molecule has 1 aliphatic heterocycles. The molecule has 0 saturated carbocycles. The third kappa shape index (κ3) is 2.85. The van der Waals surface area contributed by atoms with Crippen molar-refractivity contribution in [3.63, 3.8) is 0 Å². The molecule has 5 heteroatoms. The number of nitrogens with zero attached hydrogens (tertiary/aromatic N) is 2. The number of aryl methyl sites for hydroxylation is 3. The Balaban J connectivity index is 1.77. The predicted octanol–water partition coefficient (Wildman–Crippen LogP) is 3.44. The lowest BCUT2D eigenvalue weighted by atomic mass is 10.1. The van der Waals surface area contributed by atoms with Crippen molar-refractivity contribution in [3.8, 4) is 5.75 Å². The molecule has 0 aliphatic carbocycles. The first-order chi connectivity index (χ1) is 10.6. The molecular formula is C17H22ClN3O. The van der Waals surface area contributed by atoms with Crippen LogP contribution in [0.1, 0.15) is 35.6 Å². The quantitative estimate of drug-likeness (QED) is 0.938. The van der Waals surface area contributed by atoms with E-state index in [0.29, 0.717) is 11.8 Å². The summed E-state index contributed by atoms with van der Waals surface area (Å²) in [5.74, 6) is 1.95. The lowest BCUT2D eigenvalue weighted by Crippen LogP contribution is -2.37. The number of fused-ring (bicyclic) bond motifs is 1. The van der Waals surface area contributed by atoms with E-state index >= 15 is 0 Å². The van der Waals surface area contributed by atoms with Crippen LogP contribution in [0.25, 0.3) is 0 Å². The summed E-state index contributed by atoms with van der Waals surface area (Å²) in [4.78, 5) is 4.47. The minimum Gasteiger partial charge on any atom is -0.492 e. The van der Waals surface area contributed by atoms with E-state index in [2.05, 4.69) is 47.8 Å². The van der Waals surface area contributed by atoms with Crippen molar-refractivity contribution in [1.29, 1.82) is 0 Å². The molecule has 0 saturated heterocycles. The average molecular weight is 320 g/mol. The molecular weight excluding hydrogens is 298 g/mol. The topological polar surface area (TPSA) is 39.1 Å². The maximum Gasteiger partial charge on any atom is 0.152 e. The van der Waals surface area contributed by atoms with E-state index in [1.807, 2.05) is 6.07 Å². The summed E-state index contributed by atoms with van der Waals surface area (Å²) < 4.78 is 8.20. The molecule has 0 bridgehead atoms. The molecule has 22 heavy (non-hydrogen) atoms. The number of halogens is 1. The van der Waals surface area contributed by atoms with Crippen LogP contribution in [0.5, 0.6) is 5.75 Å². The zero-order chi connectivity index (χ0) is 15.7. The average Bonchev–Trinajstić information content (AvgIpc) is 2.85. The van der Waals surface area contributed by atoms with Crippen LogP contribution in [0.15, 0.2) is 18.2 Å². The van der Waals surface area contributed by atoms with Crippen molar-refractivity contribution in [3.05, 3.63) is 46.0 Å². The number of nitrogens with one attached hydrogen (secondary N) is 1. The summed E-state index contributed by atoms with van der Waals surface area (Å²) in [6, 6.07) is 6.26. The van der Waals surface area contributed by atoms with Crippen molar-refractivity contribution in [1.82, 2.24) is 14.9 Å². The van der Waals surface area contributed by atoms with Crippen LogP contribution in [0.3, 0.4) is 0 Å². The smallest absolute Gasteiger partial charge is 0.152 e. The van der Waals surface area contributed by atoms with E-state index in [1.165, 1.54) is 11.1 Å². The zero-order valence-corrected chi connectivity index (χ0v) is 14.1. The number of imidazole rings is 1. The Labute approximate surface area is 136 Å². The van der Waals surface area contributed by atoms with E-state index < -0.39 is 0 Å². The normalized spacial score (nSPS) is 17.4. The lowest BCUT2D eigenvalue weighted by molar-refractivity contribution is 0.246. The molecule has 1 aromatic heterocycles. The fourth-order valence-corrected chi connectivity index (χ4v) is 3.23. The van der Waals surface area contributed by atoms with Gasteiger partial charge >= 0.3 is 0 Å². The fourth-order valence-electron chi connectivity index (χ4n) is 2.90. The van der Waals surface area contributed by atoms with Gasteiger partial charge in [0.05, 0.1) is 11.7 Å². The first-order valence-corrected chi connectivity index (χ1v) is 8.16. The van der Waals surface area contributed by atoms with Gasteiger partial charge in [-0.05, 0) is 37.1 Å². The van der Waals surface area contributed by atoms with E-state index in [4.69, 9.17) is 16.3 Å². The second-order valence-electron chi connectivity index (χ2n) is 5.77. The Kier molecular flexibility index (Phi) is 4.41. The van der Waals surface area contributed by atoms with Crippen LogP contribution in [-0.4, -0.2) is 22.7 Å². The number of ether oxygens (including phenoxy) is 1. The maximum atomic E-state index is 6.34. The van der Waals surface area contributed by atoms with Crippen LogP contribution < -0.4 is 10.1 Å². The Morgan fingerprint density at radius 1 is 1.36 bits per heavy atom. The second-order valence-corrected chi connectivity index (χ2v) is 6.13. The third-order valence-electron chi connectivity index (χ3n) is 4.31. The van der Waals surface area contributed by atoms with Gasteiger partial charge in [0.2, 0.25) is 0 Å². The molecule has 118 valence electrons. The van der Waals surface area contributed by atoms with Gasteiger partial charge in [0.1, 0.15) is 18.2 Å². The highest BCUT2D eigenvalue weighted by atomic mass is 35.5. The lowest BCUT2D eigenvalue weighted by Gasteiger charge is -2.27. The van der Waals surface area contributed by atoms with Crippen molar-refractivity contribution in [2.75, 3.05) is 13.2 Å². The number of hydrogen-bond donors (Lipinski definition) is 1. The second kappa shape index (κ2) is 6.31. The number of rotatable bonds is 4. The highest BCUT2D eigenvalue weighted by molar-refractivity contribution is 6.30.